The summed E-state index contributed by atoms with van der Waals surface area (Å²) >= 11 is 0. The molecule has 1 N–H and O–H groups in total. The average Bonchev–Trinajstić information content (AvgIpc) is 3.44. The first kappa shape index (κ1) is 22.1. The zero-order valence-electron chi connectivity index (χ0n) is 18.4. The van der Waals surface area contributed by atoms with E-state index in [0.29, 0.717) is 17.2 Å². The van der Waals surface area contributed by atoms with E-state index in [1.165, 1.54) is 0 Å². The maximum Gasteiger partial charge on any atom is 0.330 e. The van der Waals surface area contributed by atoms with Crippen molar-refractivity contribution < 1.29 is 33.4 Å². The lowest BCUT2D eigenvalue weighted by Crippen LogP contribution is -2.47. The third-order valence-electron chi connectivity index (χ3n) is 5.68. The fraction of sp³-hybridized carbons (Fsp3) is 0.154. The van der Waals surface area contributed by atoms with E-state index in [4.69, 9.17) is 14.2 Å². The van der Waals surface area contributed by atoms with Crippen molar-refractivity contribution in [3.8, 4) is 11.5 Å². The smallest absolute Gasteiger partial charge is 0.330 e. The summed E-state index contributed by atoms with van der Waals surface area (Å²) in [5.41, 5.74) is 1.63. The molecule has 5 rings (SSSR count). The van der Waals surface area contributed by atoms with Gasteiger partial charge in [-0.15, -0.1) is 0 Å². The van der Waals surface area contributed by atoms with Gasteiger partial charge in [-0.25, -0.2) is 4.79 Å². The molecule has 2 aliphatic rings. The van der Waals surface area contributed by atoms with Gasteiger partial charge in [0, 0.05) is 18.2 Å². The predicted molar refractivity (Wildman–Crippen MR) is 123 cm³/mol. The van der Waals surface area contributed by atoms with Crippen LogP contribution in [0.1, 0.15) is 26.3 Å². The van der Waals surface area contributed by atoms with Crippen LogP contribution in [0, 0.1) is 0 Å². The minimum atomic E-state index is -1.23. The van der Waals surface area contributed by atoms with E-state index < -0.39 is 36.3 Å². The number of hydrogen-bond donors (Lipinski definition) is 1. The molecule has 3 aromatic rings. The van der Waals surface area contributed by atoms with Gasteiger partial charge in [0.2, 0.25) is 6.79 Å². The molecule has 0 aromatic heterocycles. The molecule has 0 saturated carbocycles. The lowest BCUT2D eigenvalue weighted by Gasteiger charge is -2.24. The number of imide groups is 1. The van der Waals surface area contributed by atoms with Crippen LogP contribution in [0.25, 0.3) is 0 Å². The van der Waals surface area contributed by atoms with Crippen molar-refractivity contribution in [3.63, 3.8) is 0 Å². The SMILES string of the molecule is O=C(COC(=O)[C@H](Cc1ccccc1)N1C(=O)c2ccccc2C1=O)Nc1ccc2c(c1)OCO2. The average molecular weight is 472 g/mol. The van der Waals surface area contributed by atoms with Gasteiger partial charge in [-0.2, -0.15) is 0 Å². The van der Waals surface area contributed by atoms with Gasteiger partial charge in [-0.1, -0.05) is 42.5 Å². The Bertz CT molecular complexity index is 1290. The molecular weight excluding hydrogens is 452 g/mol. The van der Waals surface area contributed by atoms with E-state index in [2.05, 4.69) is 5.32 Å². The molecule has 0 fully saturated rings. The fourth-order valence-corrected chi connectivity index (χ4v) is 4.01. The Hall–Kier alpha value is -4.66. The molecule has 0 bridgehead atoms. The van der Waals surface area contributed by atoms with E-state index in [-0.39, 0.29) is 24.3 Å². The van der Waals surface area contributed by atoms with Crippen molar-refractivity contribution in [1.29, 1.82) is 0 Å². The number of amides is 3. The van der Waals surface area contributed by atoms with E-state index in [0.717, 1.165) is 10.5 Å². The van der Waals surface area contributed by atoms with Crippen LogP contribution >= 0.6 is 0 Å². The van der Waals surface area contributed by atoms with Crippen LogP contribution in [-0.2, 0) is 20.7 Å². The topological polar surface area (TPSA) is 111 Å². The molecule has 176 valence electrons. The number of fused-ring (bicyclic) bond motifs is 2. The molecule has 1 atom stereocenters. The lowest BCUT2D eigenvalue weighted by molar-refractivity contribution is -0.151. The summed E-state index contributed by atoms with van der Waals surface area (Å²) in [5, 5.41) is 2.62. The second-order valence-corrected chi connectivity index (χ2v) is 7.96. The van der Waals surface area contributed by atoms with Gasteiger partial charge in [0.15, 0.2) is 18.1 Å². The predicted octanol–water partition coefficient (Wildman–Crippen LogP) is 2.80. The second kappa shape index (κ2) is 9.30. The molecule has 0 saturated heterocycles. The third-order valence-corrected chi connectivity index (χ3v) is 5.68. The van der Waals surface area contributed by atoms with Crippen LogP contribution < -0.4 is 14.8 Å². The van der Waals surface area contributed by atoms with Crippen LogP contribution in [0.2, 0.25) is 0 Å². The first-order chi connectivity index (χ1) is 17.0. The molecule has 9 heteroatoms. The van der Waals surface area contributed by atoms with Gasteiger partial charge in [0.1, 0.15) is 6.04 Å². The van der Waals surface area contributed by atoms with Crippen molar-refractivity contribution in [3.05, 3.63) is 89.5 Å². The molecule has 0 unspecified atom stereocenters. The summed E-state index contributed by atoms with van der Waals surface area (Å²) in [6.07, 6.45) is 0.0505. The lowest BCUT2D eigenvalue weighted by atomic mass is 10.0. The quantitative estimate of drug-likeness (QED) is 0.416. The van der Waals surface area contributed by atoms with Crippen LogP contribution in [0.5, 0.6) is 11.5 Å². The van der Waals surface area contributed by atoms with Crippen molar-refractivity contribution in [2.24, 2.45) is 0 Å². The number of rotatable bonds is 7. The van der Waals surface area contributed by atoms with Crippen molar-refractivity contribution in [1.82, 2.24) is 4.90 Å². The Balaban J connectivity index is 1.30. The maximum absolute atomic E-state index is 13.1. The van der Waals surface area contributed by atoms with E-state index in [1.54, 1.807) is 66.7 Å². The molecular formula is C26H20N2O7. The normalized spacial score (nSPS) is 14.5. The molecule has 2 heterocycles. The number of nitrogens with one attached hydrogen (secondary N) is 1. The zero-order valence-corrected chi connectivity index (χ0v) is 18.4. The van der Waals surface area contributed by atoms with Crippen LogP contribution in [-0.4, -0.2) is 48.0 Å². The highest BCUT2D eigenvalue weighted by Crippen LogP contribution is 2.34. The second-order valence-electron chi connectivity index (χ2n) is 7.96. The Morgan fingerprint density at radius 2 is 1.54 bits per heavy atom. The monoisotopic (exact) mass is 472 g/mol. The summed E-state index contributed by atoms with van der Waals surface area (Å²) in [5.74, 6) is -1.53. The molecule has 3 amide bonds. The maximum atomic E-state index is 13.1. The van der Waals surface area contributed by atoms with E-state index >= 15 is 0 Å². The number of carbonyl (C=O) groups is 4. The number of nitrogens with zero attached hydrogens (tertiary/aromatic N) is 1. The molecule has 0 aliphatic carbocycles. The Morgan fingerprint density at radius 1 is 0.886 bits per heavy atom. The highest BCUT2D eigenvalue weighted by molar-refractivity contribution is 6.22. The number of ether oxygens (including phenoxy) is 3. The number of carbonyl (C=O) groups excluding carboxylic acids is 4. The Morgan fingerprint density at radius 3 is 2.26 bits per heavy atom. The number of benzene rings is 3. The van der Waals surface area contributed by atoms with Gasteiger partial charge in [0.05, 0.1) is 11.1 Å². The standard InChI is InChI=1S/C26H20N2O7/c29-23(27-17-10-11-21-22(13-17)35-15-34-21)14-33-26(32)20(12-16-6-2-1-3-7-16)28-24(30)18-8-4-5-9-19(18)25(28)31/h1-11,13,20H,12,14-15H2,(H,27,29)/t20-/m0/s1. The first-order valence-electron chi connectivity index (χ1n) is 10.9. The molecule has 2 aliphatic heterocycles. The van der Waals surface area contributed by atoms with Gasteiger partial charge in [-0.3, -0.25) is 19.3 Å². The molecule has 35 heavy (non-hydrogen) atoms. The summed E-state index contributed by atoms with van der Waals surface area (Å²) in [6.45, 7) is -0.493. The largest absolute Gasteiger partial charge is 0.454 e. The van der Waals surface area contributed by atoms with Crippen LogP contribution in [0.4, 0.5) is 5.69 Å². The fourth-order valence-electron chi connectivity index (χ4n) is 4.01. The van der Waals surface area contributed by atoms with Crippen molar-refractivity contribution >= 4 is 29.4 Å². The van der Waals surface area contributed by atoms with Crippen molar-refractivity contribution in [2.45, 2.75) is 12.5 Å². The van der Waals surface area contributed by atoms with Crippen molar-refractivity contribution in [2.75, 3.05) is 18.7 Å². The number of hydrogen-bond acceptors (Lipinski definition) is 7. The summed E-state index contributed by atoms with van der Waals surface area (Å²) in [4.78, 5) is 52.5. The Labute approximate surface area is 200 Å². The van der Waals surface area contributed by atoms with E-state index in [9.17, 15) is 19.2 Å². The summed E-state index contributed by atoms with van der Waals surface area (Å²) < 4.78 is 15.8. The first-order valence-corrected chi connectivity index (χ1v) is 10.9. The minimum absolute atomic E-state index is 0.0505. The van der Waals surface area contributed by atoms with Crippen LogP contribution in [0.15, 0.2) is 72.8 Å². The minimum Gasteiger partial charge on any atom is -0.454 e. The molecule has 0 spiro atoms. The third kappa shape index (κ3) is 4.43. The van der Waals surface area contributed by atoms with Gasteiger partial charge >= 0.3 is 5.97 Å². The molecule has 3 aromatic carbocycles. The highest BCUT2D eigenvalue weighted by atomic mass is 16.7. The molecule has 9 nitrogen and oxygen atoms in total. The van der Waals surface area contributed by atoms with Gasteiger partial charge in [0.25, 0.3) is 17.7 Å². The Kier molecular flexibility index (Phi) is 5.88. The highest BCUT2D eigenvalue weighted by Gasteiger charge is 2.43. The van der Waals surface area contributed by atoms with Gasteiger partial charge < -0.3 is 19.5 Å². The van der Waals surface area contributed by atoms with Gasteiger partial charge in [-0.05, 0) is 29.8 Å². The summed E-state index contributed by atoms with van der Waals surface area (Å²) in [6, 6.07) is 19.0. The van der Waals surface area contributed by atoms with Crippen LogP contribution in [0.3, 0.4) is 0 Å². The molecule has 0 radical (unpaired) electrons. The van der Waals surface area contributed by atoms with E-state index in [1.807, 2.05) is 6.07 Å². The summed E-state index contributed by atoms with van der Waals surface area (Å²) in [7, 11) is 0. The number of anilines is 1. The number of esters is 1. The zero-order chi connectivity index (χ0) is 24.4.